The molecule has 0 unspecified atom stereocenters. The summed E-state index contributed by atoms with van der Waals surface area (Å²) < 4.78 is 4.79. The maximum absolute atomic E-state index is 13.2. The van der Waals surface area contributed by atoms with Gasteiger partial charge >= 0.3 is 0 Å². The summed E-state index contributed by atoms with van der Waals surface area (Å²) in [5, 5.41) is 17.6. The molecule has 4 rings (SSSR count). The van der Waals surface area contributed by atoms with Crippen LogP contribution in [0.4, 0.5) is 0 Å². The molecule has 132 valence electrons. The van der Waals surface area contributed by atoms with Gasteiger partial charge in [-0.3, -0.25) is 9.48 Å². The van der Waals surface area contributed by atoms with E-state index in [1.807, 2.05) is 30.3 Å². The van der Waals surface area contributed by atoms with Crippen molar-refractivity contribution in [2.24, 2.45) is 7.05 Å². The maximum atomic E-state index is 13.2. The Kier molecular flexibility index (Phi) is 3.87. The first-order valence-corrected chi connectivity index (χ1v) is 8.44. The topological polar surface area (TPSA) is 83.4 Å². The zero-order chi connectivity index (χ0) is 18.3. The van der Waals surface area contributed by atoms with Crippen LogP contribution in [0.25, 0.3) is 16.6 Å². The van der Waals surface area contributed by atoms with Gasteiger partial charge in [0.15, 0.2) is 0 Å². The van der Waals surface area contributed by atoms with Gasteiger partial charge in [-0.2, -0.15) is 10.2 Å². The summed E-state index contributed by atoms with van der Waals surface area (Å²) in [5.41, 5.74) is 2.84. The van der Waals surface area contributed by atoms with Crippen LogP contribution in [0.1, 0.15) is 31.2 Å². The van der Waals surface area contributed by atoms with Gasteiger partial charge in [-0.15, -0.1) is 5.10 Å². The van der Waals surface area contributed by atoms with E-state index in [0.29, 0.717) is 12.1 Å². The predicted octanol–water partition coefficient (Wildman–Crippen LogP) is 1.88. The lowest BCUT2D eigenvalue weighted by Gasteiger charge is -2.12. The molecule has 1 aromatic carbocycles. The Hall–Kier alpha value is -3.29. The van der Waals surface area contributed by atoms with Gasteiger partial charge < -0.3 is 0 Å². The van der Waals surface area contributed by atoms with E-state index in [0.717, 1.165) is 22.5 Å². The van der Waals surface area contributed by atoms with Crippen molar-refractivity contribution in [1.82, 2.24) is 34.6 Å². The fraction of sp³-hybridized carbons (Fsp3) is 0.278. The molecular formula is C18H19N7O. The van der Waals surface area contributed by atoms with Crippen molar-refractivity contribution >= 4 is 10.9 Å². The third-order valence-corrected chi connectivity index (χ3v) is 4.38. The van der Waals surface area contributed by atoms with Crippen molar-refractivity contribution in [2.75, 3.05) is 0 Å². The minimum atomic E-state index is -0.188. The highest BCUT2D eigenvalue weighted by molar-refractivity contribution is 5.82. The Bertz CT molecular complexity index is 1120. The summed E-state index contributed by atoms with van der Waals surface area (Å²) >= 11 is 0. The number of hydrogen-bond donors (Lipinski definition) is 0. The third kappa shape index (κ3) is 2.59. The number of aromatic nitrogens is 7. The third-order valence-electron chi connectivity index (χ3n) is 4.38. The van der Waals surface area contributed by atoms with Crippen molar-refractivity contribution < 1.29 is 0 Å². The SMILES string of the molecule is CC(C)c1nn(Cc2cnnn2C)c(=O)c2c1cnn2-c1ccccc1. The molecule has 0 saturated carbocycles. The molecule has 0 atom stereocenters. The molecule has 26 heavy (non-hydrogen) atoms. The van der Waals surface area contributed by atoms with Crippen LogP contribution in [0.5, 0.6) is 0 Å². The first-order chi connectivity index (χ1) is 12.6. The smallest absolute Gasteiger partial charge is 0.265 e. The van der Waals surface area contributed by atoms with E-state index in [4.69, 9.17) is 0 Å². The molecule has 0 aliphatic heterocycles. The number of nitrogens with zero attached hydrogens (tertiary/aromatic N) is 7. The molecular weight excluding hydrogens is 330 g/mol. The van der Waals surface area contributed by atoms with Crippen molar-refractivity contribution in [3.63, 3.8) is 0 Å². The van der Waals surface area contributed by atoms with Gasteiger partial charge in [-0.25, -0.2) is 9.36 Å². The normalized spacial score (nSPS) is 11.5. The summed E-state index contributed by atoms with van der Waals surface area (Å²) in [4.78, 5) is 13.2. The van der Waals surface area contributed by atoms with Gasteiger partial charge in [0, 0.05) is 12.4 Å². The van der Waals surface area contributed by atoms with Gasteiger partial charge in [-0.05, 0) is 18.1 Å². The molecule has 0 spiro atoms. The predicted molar refractivity (Wildman–Crippen MR) is 97.3 cm³/mol. The van der Waals surface area contributed by atoms with E-state index in [1.54, 1.807) is 28.8 Å². The average Bonchev–Trinajstić information content (AvgIpc) is 3.25. The zero-order valence-electron chi connectivity index (χ0n) is 14.9. The van der Waals surface area contributed by atoms with Crippen LogP contribution in [0.15, 0.2) is 47.5 Å². The van der Waals surface area contributed by atoms with E-state index in [9.17, 15) is 4.79 Å². The molecule has 4 aromatic rings. The Morgan fingerprint density at radius 2 is 1.88 bits per heavy atom. The Morgan fingerprint density at radius 1 is 1.12 bits per heavy atom. The van der Waals surface area contributed by atoms with E-state index < -0.39 is 0 Å². The Morgan fingerprint density at radius 3 is 2.54 bits per heavy atom. The minimum Gasteiger partial charge on any atom is -0.265 e. The largest absolute Gasteiger partial charge is 0.293 e. The number of hydrogen-bond acceptors (Lipinski definition) is 5. The fourth-order valence-corrected chi connectivity index (χ4v) is 3.00. The fourth-order valence-electron chi connectivity index (χ4n) is 3.00. The molecule has 0 aliphatic carbocycles. The number of rotatable bonds is 4. The maximum Gasteiger partial charge on any atom is 0.293 e. The second-order valence-electron chi connectivity index (χ2n) is 6.51. The van der Waals surface area contributed by atoms with Crippen molar-refractivity contribution in [2.45, 2.75) is 26.3 Å². The van der Waals surface area contributed by atoms with Crippen LogP contribution in [-0.4, -0.2) is 34.6 Å². The summed E-state index contributed by atoms with van der Waals surface area (Å²) in [7, 11) is 1.80. The molecule has 3 aromatic heterocycles. The first-order valence-electron chi connectivity index (χ1n) is 8.44. The zero-order valence-corrected chi connectivity index (χ0v) is 14.9. The molecule has 8 heteroatoms. The quantitative estimate of drug-likeness (QED) is 0.562. The van der Waals surface area contributed by atoms with Crippen LogP contribution in [-0.2, 0) is 13.6 Å². The molecule has 8 nitrogen and oxygen atoms in total. The van der Waals surface area contributed by atoms with E-state index in [-0.39, 0.29) is 11.5 Å². The van der Waals surface area contributed by atoms with Gasteiger partial charge in [-0.1, -0.05) is 37.3 Å². The standard InChI is InChI=1S/C18H19N7O/c1-12(2)16-15-10-20-25(13-7-5-4-6-8-13)17(15)18(26)24(21-16)11-14-9-19-22-23(14)3/h4-10,12H,11H2,1-3H3. The molecule has 0 saturated heterocycles. The molecule has 0 bridgehead atoms. The highest BCUT2D eigenvalue weighted by Crippen LogP contribution is 2.23. The highest BCUT2D eigenvalue weighted by Gasteiger charge is 2.19. The van der Waals surface area contributed by atoms with Crippen LogP contribution < -0.4 is 5.56 Å². The number of fused-ring (bicyclic) bond motifs is 1. The molecule has 0 radical (unpaired) electrons. The molecule has 0 amide bonds. The lowest BCUT2D eigenvalue weighted by Crippen LogP contribution is -2.27. The van der Waals surface area contributed by atoms with Crippen molar-refractivity contribution in [1.29, 1.82) is 0 Å². The Balaban J connectivity index is 1.97. The molecule has 0 N–H and O–H groups in total. The van der Waals surface area contributed by atoms with Gasteiger partial charge in [0.1, 0.15) is 5.52 Å². The second kappa shape index (κ2) is 6.21. The van der Waals surface area contributed by atoms with E-state index >= 15 is 0 Å². The van der Waals surface area contributed by atoms with Crippen LogP contribution >= 0.6 is 0 Å². The van der Waals surface area contributed by atoms with E-state index in [2.05, 4.69) is 34.4 Å². The monoisotopic (exact) mass is 349 g/mol. The number of aryl methyl sites for hydroxylation is 1. The van der Waals surface area contributed by atoms with E-state index in [1.165, 1.54) is 4.68 Å². The summed E-state index contributed by atoms with van der Waals surface area (Å²) in [6.45, 7) is 4.42. The lowest BCUT2D eigenvalue weighted by molar-refractivity contribution is 0.573. The van der Waals surface area contributed by atoms with Gasteiger partial charge in [0.05, 0.1) is 36.0 Å². The van der Waals surface area contributed by atoms with Crippen molar-refractivity contribution in [3.8, 4) is 5.69 Å². The molecule has 3 heterocycles. The average molecular weight is 349 g/mol. The molecule has 0 aliphatic rings. The van der Waals surface area contributed by atoms with Crippen LogP contribution in [0.2, 0.25) is 0 Å². The Labute approximate surface area is 149 Å². The lowest BCUT2D eigenvalue weighted by atomic mass is 10.1. The first kappa shape index (κ1) is 16.2. The second-order valence-corrected chi connectivity index (χ2v) is 6.51. The summed E-state index contributed by atoms with van der Waals surface area (Å²) in [5.74, 6) is 0.155. The molecule has 0 fully saturated rings. The number of para-hydroxylation sites is 1. The summed E-state index contributed by atoms with van der Waals surface area (Å²) in [6, 6.07) is 9.64. The van der Waals surface area contributed by atoms with Gasteiger partial charge in [0.2, 0.25) is 0 Å². The minimum absolute atomic E-state index is 0.155. The van der Waals surface area contributed by atoms with Crippen LogP contribution in [0.3, 0.4) is 0 Å². The van der Waals surface area contributed by atoms with Crippen molar-refractivity contribution in [3.05, 3.63) is 64.5 Å². The summed E-state index contributed by atoms with van der Waals surface area (Å²) in [6.07, 6.45) is 3.36. The number of benzene rings is 1. The van der Waals surface area contributed by atoms with Crippen LogP contribution in [0, 0.1) is 0 Å². The van der Waals surface area contributed by atoms with Gasteiger partial charge in [0.25, 0.3) is 5.56 Å². The highest BCUT2D eigenvalue weighted by atomic mass is 16.1.